The summed E-state index contributed by atoms with van der Waals surface area (Å²) in [5, 5.41) is 15.8. The number of rotatable bonds is 8. The molecule has 0 bridgehead atoms. The summed E-state index contributed by atoms with van der Waals surface area (Å²) in [6, 6.07) is 7.24. The third-order valence-corrected chi connectivity index (χ3v) is 5.14. The van der Waals surface area contributed by atoms with E-state index in [1.54, 1.807) is 23.5 Å². The number of halogens is 3. The van der Waals surface area contributed by atoms with Crippen molar-refractivity contribution in [1.82, 2.24) is 15.6 Å². The van der Waals surface area contributed by atoms with Gasteiger partial charge in [-0.2, -0.15) is 13.2 Å². The van der Waals surface area contributed by atoms with Crippen molar-refractivity contribution in [1.29, 1.82) is 0 Å². The zero-order valence-electron chi connectivity index (χ0n) is 18.2. The SMILES string of the molecule is O=C(O)CC(NC(=O)C1CC(=O)N(c2cccc(NC(=O)NCC(F)(F)F)c2)C1)c1cccnc1. The number of amides is 4. The Morgan fingerprint density at radius 2 is 1.97 bits per heavy atom. The fourth-order valence-corrected chi connectivity index (χ4v) is 3.54. The van der Waals surface area contributed by atoms with Crippen molar-refractivity contribution in [2.24, 2.45) is 5.92 Å². The van der Waals surface area contributed by atoms with Crippen LogP contribution in [0.2, 0.25) is 0 Å². The molecule has 0 radical (unpaired) electrons. The van der Waals surface area contributed by atoms with E-state index in [2.05, 4.69) is 15.6 Å². The number of carboxylic acids is 1. The van der Waals surface area contributed by atoms with Crippen LogP contribution in [-0.2, 0) is 14.4 Å². The maximum atomic E-state index is 12.8. The molecule has 0 spiro atoms. The van der Waals surface area contributed by atoms with Crippen LogP contribution in [0.1, 0.15) is 24.4 Å². The van der Waals surface area contributed by atoms with Gasteiger partial charge in [-0.25, -0.2) is 4.79 Å². The Balaban J connectivity index is 1.65. The predicted molar refractivity (Wildman–Crippen MR) is 117 cm³/mol. The van der Waals surface area contributed by atoms with Crippen LogP contribution < -0.4 is 20.9 Å². The lowest BCUT2D eigenvalue weighted by molar-refractivity contribution is -0.138. The van der Waals surface area contributed by atoms with Crippen molar-refractivity contribution >= 4 is 35.2 Å². The van der Waals surface area contributed by atoms with E-state index in [0.717, 1.165) is 0 Å². The van der Waals surface area contributed by atoms with Crippen LogP contribution in [0.15, 0.2) is 48.8 Å². The molecule has 2 atom stereocenters. The van der Waals surface area contributed by atoms with E-state index >= 15 is 0 Å². The van der Waals surface area contributed by atoms with Crippen LogP contribution in [0.4, 0.5) is 29.3 Å². The minimum atomic E-state index is -4.56. The van der Waals surface area contributed by atoms with Crippen LogP contribution in [0, 0.1) is 5.92 Å². The van der Waals surface area contributed by atoms with E-state index in [1.807, 2.05) is 0 Å². The molecule has 2 unspecified atom stereocenters. The van der Waals surface area contributed by atoms with Crippen molar-refractivity contribution < 1.29 is 37.5 Å². The maximum absolute atomic E-state index is 12.8. The van der Waals surface area contributed by atoms with Crippen LogP contribution in [0.5, 0.6) is 0 Å². The minimum Gasteiger partial charge on any atom is -0.481 e. The first kappa shape index (κ1) is 25.5. The molecular formula is C22H22F3N5O5. The van der Waals surface area contributed by atoms with Gasteiger partial charge in [-0.1, -0.05) is 12.1 Å². The predicted octanol–water partition coefficient (Wildman–Crippen LogP) is 2.45. The van der Waals surface area contributed by atoms with E-state index < -0.39 is 42.6 Å². The number of carboxylic acid groups (broad SMARTS) is 1. The summed E-state index contributed by atoms with van der Waals surface area (Å²) < 4.78 is 36.8. The van der Waals surface area contributed by atoms with E-state index in [-0.39, 0.29) is 31.0 Å². The molecule has 2 heterocycles. The number of anilines is 2. The Labute approximate surface area is 197 Å². The topological polar surface area (TPSA) is 141 Å². The van der Waals surface area contributed by atoms with Crippen molar-refractivity contribution in [2.45, 2.75) is 25.1 Å². The third-order valence-electron chi connectivity index (χ3n) is 5.14. The van der Waals surface area contributed by atoms with Crippen molar-refractivity contribution in [3.8, 4) is 0 Å². The molecule has 4 amide bonds. The monoisotopic (exact) mass is 493 g/mol. The van der Waals surface area contributed by atoms with Crippen LogP contribution >= 0.6 is 0 Å². The van der Waals surface area contributed by atoms with Crippen LogP contribution in [0.3, 0.4) is 0 Å². The largest absolute Gasteiger partial charge is 0.481 e. The fraction of sp³-hybridized carbons (Fsp3) is 0.318. The number of benzene rings is 1. The van der Waals surface area contributed by atoms with E-state index in [4.69, 9.17) is 0 Å². The Hall–Kier alpha value is -4.16. The van der Waals surface area contributed by atoms with Crippen molar-refractivity contribution in [3.05, 3.63) is 54.4 Å². The molecule has 1 aromatic heterocycles. The quantitative estimate of drug-likeness (QED) is 0.445. The molecule has 0 saturated carbocycles. The Morgan fingerprint density at radius 3 is 2.63 bits per heavy atom. The smallest absolute Gasteiger partial charge is 0.405 e. The van der Waals surface area contributed by atoms with Gasteiger partial charge < -0.3 is 26.0 Å². The summed E-state index contributed by atoms with van der Waals surface area (Å²) in [5.74, 6) is -2.76. The molecule has 13 heteroatoms. The Morgan fingerprint density at radius 1 is 1.20 bits per heavy atom. The van der Waals surface area contributed by atoms with Gasteiger partial charge in [0, 0.05) is 36.7 Å². The molecule has 1 fully saturated rings. The van der Waals surface area contributed by atoms with Crippen molar-refractivity contribution in [3.63, 3.8) is 0 Å². The highest BCUT2D eigenvalue weighted by Crippen LogP contribution is 2.28. The number of urea groups is 1. The van der Waals surface area contributed by atoms with E-state index in [9.17, 15) is 37.5 Å². The number of hydrogen-bond acceptors (Lipinski definition) is 5. The second-order valence-corrected chi connectivity index (χ2v) is 7.82. The second-order valence-electron chi connectivity index (χ2n) is 7.82. The molecule has 1 aliphatic rings. The number of nitrogens with one attached hydrogen (secondary N) is 3. The lowest BCUT2D eigenvalue weighted by Gasteiger charge is -2.20. The first-order valence-corrected chi connectivity index (χ1v) is 10.5. The zero-order chi connectivity index (χ0) is 25.6. The van der Waals surface area contributed by atoms with Gasteiger partial charge in [0.05, 0.1) is 18.4 Å². The first-order chi connectivity index (χ1) is 16.5. The maximum Gasteiger partial charge on any atom is 0.405 e. The molecule has 35 heavy (non-hydrogen) atoms. The van der Waals surface area contributed by atoms with Gasteiger partial charge in [-0.3, -0.25) is 19.4 Å². The Kier molecular flexibility index (Phi) is 7.89. The third kappa shape index (κ3) is 7.42. The zero-order valence-corrected chi connectivity index (χ0v) is 18.2. The summed E-state index contributed by atoms with van der Waals surface area (Å²) >= 11 is 0. The Bertz CT molecular complexity index is 1100. The average Bonchev–Trinajstić information content (AvgIpc) is 3.19. The molecule has 2 aromatic rings. The summed E-state index contributed by atoms with van der Waals surface area (Å²) in [4.78, 5) is 53.6. The first-order valence-electron chi connectivity index (χ1n) is 10.5. The molecule has 1 aromatic carbocycles. The van der Waals surface area contributed by atoms with E-state index in [1.165, 1.54) is 35.5 Å². The molecule has 186 valence electrons. The standard InChI is InChI=1S/C22H22F3N5O5/c23-22(24,25)12-27-21(35)28-15-4-1-5-16(8-15)30-11-14(7-18(30)31)20(34)29-17(9-19(32)33)13-3-2-6-26-10-13/h1-6,8,10,14,17H,7,9,11-12H2,(H,29,34)(H,32,33)(H2,27,28,35). The van der Waals surface area contributed by atoms with Gasteiger partial charge >= 0.3 is 18.2 Å². The number of hydrogen-bond donors (Lipinski definition) is 4. The molecule has 0 aliphatic carbocycles. The molecule has 10 nitrogen and oxygen atoms in total. The fourth-order valence-electron chi connectivity index (χ4n) is 3.54. The average molecular weight is 493 g/mol. The number of aliphatic carboxylic acids is 1. The van der Waals surface area contributed by atoms with Gasteiger partial charge in [0.2, 0.25) is 11.8 Å². The number of aromatic nitrogens is 1. The summed E-state index contributed by atoms with van der Waals surface area (Å²) in [5.41, 5.74) is 1.00. The van der Waals surface area contributed by atoms with Gasteiger partial charge in [-0.15, -0.1) is 0 Å². The van der Waals surface area contributed by atoms with Crippen LogP contribution in [0.25, 0.3) is 0 Å². The number of pyridine rings is 1. The number of carbonyl (C=O) groups excluding carboxylic acids is 3. The lowest BCUT2D eigenvalue weighted by Crippen LogP contribution is -2.37. The highest BCUT2D eigenvalue weighted by atomic mass is 19.4. The second kappa shape index (κ2) is 10.8. The number of carbonyl (C=O) groups is 4. The lowest BCUT2D eigenvalue weighted by atomic mass is 10.0. The van der Waals surface area contributed by atoms with Crippen molar-refractivity contribution in [2.75, 3.05) is 23.3 Å². The summed E-state index contributed by atoms with van der Waals surface area (Å²) in [6.07, 6.45) is -2.09. The number of alkyl halides is 3. The highest BCUT2D eigenvalue weighted by Gasteiger charge is 2.36. The molecule has 4 N–H and O–H groups in total. The molecule has 3 rings (SSSR count). The van der Waals surface area contributed by atoms with Gasteiger partial charge in [0.15, 0.2) is 0 Å². The van der Waals surface area contributed by atoms with E-state index in [0.29, 0.717) is 11.3 Å². The molecular weight excluding hydrogens is 471 g/mol. The van der Waals surface area contributed by atoms with Gasteiger partial charge in [0.1, 0.15) is 6.54 Å². The molecule has 1 aliphatic heterocycles. The van der Waals surface area contributed by atoms with Crippen LogP contribution in [-0.4, -0.2) is 53.2 Å². The highest BCUT2D eigenvalue weighted by molar-refractivity contribution is 6.01. The molecule has 1 saturated heterocycles. The van der Waals surface area contributed by atoms with Gasteiger partial charge in [0.25, 0.3) is 0 Å². The van der Waals surface area contributed by atoms with Gasteiger partial charge in [-0.05, 0) is 29.8 Å². The summed E-state index contributed by atoms with van der Waals surface area (Å²) in [6.45, 7) is -1.50. The minimum absolute atomic E-state index is 0.00121. The normalized spacial score (nSPS) is 16.5. The summed E-state index contributed by atoms with van der Waals surface area (Å²) in [7, 11) is 0. The number of nitrogens with zero attached hydrogens (tertiary/aromatic N) is 2.